The molecule has 28 heavy (non-hydrogen) atoms. The van der Waals surface area contributed by atoms with Crippen LogP contribution in [0.4, 0.5) is 0 Å². The van der Waals surface area contributed by atoms with Crippen LogP contribution in [0, 0.1) is 0 Å². The predicted octanol–water partition coefficient (Wildman–Crippen LogP) is 1.61. The Labute approximate surface area is 161 Å². The second-order valence-corrected chi connectivity index (χ2v) is 6.06. The SMILES string of the molecule is CN(CC(=O)NNC(=O)c1cc(-c2ccccc2)n[nH]1)C(=O)c1ccccc1. The first kappa shape index (κ1) is 18.8. The van der Waals surface area contributed by atoms with E-state index in [0.29, 0.717) is 11.3 Å². The minimum absolute atomic E-state index is 0.202. The number of hydrogen-bond acceptors (Lipinski definition) is 4. The first-order valence-electron chi connectivity index (χ1n) is 8.55. The number of nitrogens with zero attached hydrogens (tertiary/aromatic N) is 2. The summed E-state index contributed by atoms with van der Waals surface area (Å²) in [4.78, 5) is 37.7. The minimum Gasteiger partial charge on any atom is -0.332 e. The molecule has 3 amide bonds. The molecule has 0 spiro atoms. The van der Waals surface area contributed by atoms with Crippen molar-refractivity contribution in [2.75, 3.05) is 13.6 Å². The van der Waals surface area contributed by atoms with Gasteiger partial charge < -0.3 is 4.90 Å². The zero-order valence-electron chi connectivity index (χ0n) is 15.2. The quantitative estimate of drug-likeness (QED) is 0.587. The van der Waals surface area contributed by atoms with Crippen molar-refractivity contribution in [2.45, 2.75) is 0 Å². The molecule has 142 valence electrons. The number of H-pyrrole nitrogens is 1. The first-order valence-corrected chi connectivity index (χ1v) is 8.55. The molecule has 3 rings (SSSR count). The topological polar surface area (TPSA) is 107 Å². The molecule has 0 saturated carbocycles. The summed E-state index contributed by atoms with van der Waals surface area (Å²) in [5, 5.41) is 6.72. The third kappa shape index (κ3) is 4.61. The van der Waals surface area contributed by atoms with E-state index in [-0.39, 0.29) is 18.1 Å². The molecule has 1 heterocycles. The van der Waals surface area contributed by atoms with Gasteiger partial charge in [-0.1, -0.05) is 48.5 Å². The van der Waals surface area contributed by atoms with Crippen LogP contribution in [0.3, 0.4) is 0 Å². The van der Waals surface area contributed by atoms with E-state index in [0.717, 1.165) is 5.56 Å². The number of carbonyl (C=O) groups excluding carboxylic acids is 3. The van der Waals surface area contributed by atoms with Crippen LogP contribution < -0.4 is 10.9 Å². The molecule has 0 fully saturated rings. The fraction of sp³-hybridized carbons (Fsp3) is 0.100. The number of nitrogens with one attached hydrogen (secondary N) is 3. The molecule has 0 aliphatic rings. The zero-order valence-corrected chi connectivity index (χ0v) is 15.2. The second-order valence-electron chi connectivity index (χ2n) is 6.06. The smallest absolute Gasteiger partial charge is 0.287 e. The van der Waals surface area contributed by atoms with Gasteiger partial charge >= 0.3 is 0 Å². The van der Waals surface area contributed by atoms with Gasteiger partial charge in [0.1, 0.15) is 12.2 Å². The molecule has 2 aromatic carbocycles. The van der Waals surface area contributed by atoms with Crippen molar-refractivity contribution in [1.29, 1.82) is 0 Å². The molecule has 0 aliphatic carbocycles. The molecule has 0 atom stereocenters. The molecule has 3 N–H and O–H groups in total. The Kier molecular flexibility index (Phi) is 5.81. The fourth-order valence-corrected chi connectivity index (χ4v) is 2.52. The van der Waals surface area contributed by atoms with Crippen LogP contribution in [-0.4, -0.2) is 46.4 Å². The molecule has 8 heteroatoms. The second kappa shape index (κ2) is 8.63. The third-order valence-corrected chi connectivity index (χ3v) is 3.96. The van der Waals surface area contributed by atoms with Crippen LogP contribution in [0.25, 0.3) is 11.3 Å². The average Bonchev–Trinajstić information content (AvgIpc) is 3.23. The number of likely N-dealkylation sites (N-methyl/N-ethyl adjacent to an activating group) is 1. The highest BCUT2D eigenvalue weighted by Crippen LogP contribution is 2.16. The van der Waals surface area contributed by atoms with Gasteiger partial charge in [-0.05, 0) is 18.2 Å². The van der Waals surface area contributed by atoms with Gasteiger partial charge in [-0.3, -0.25) is 30.3 Å². The summed E-state index contributed by atoms with van der Waals surface area (Å²) in [6.07, 6.45) is 0. The first-order chi connectivity index (χ1) is 13.5. The Bertz CT molecular complexity index is 970. The molecular formula is C20H19N5O3. The van der Waals surface area contributed by atoms with Crippen molar-refractivity contribution in [3.05, 3.63) is 78.0 Å². The van der Waals surface area contributed by atoms with Gasteiger partial charge in [-0.25, -0.2) is 0 Å². The minimum atomic E-state index is -0.542. The monoisotopic (exact) mass is 377 g/mol. The number of carbonyl (C=O) groups is 3. The average molecular weight is 377 g/mol. The van der Waals surface area contributed by atoms with Crippen molar-refractivity contribution in [2.24, 2.45) is 0 Å². The molecule has 0 bridgehead atoms. The maximum absolute atomic E-state index is 12.2. The summed E-state index contributed by atoms with van der Waals surface area (Å²) >= 11 is 0. The van der Waals surface area contributed by atoms with Crippen LogP contribution in [0.15, 0.2) is 66.7 Å². The van der Waals surface area contributed by atoms with Gasteiger partial charge in [-0.2, -0.15) is 5.10 Å². The van der Waals surface area contributed by atoms with Crippen LogP contribution >= 0.6 is 0 Å². The molecule has 0 unspecified atom stereocenters. The fourth-order valence-electron chi connectivity index (χ4n) is 2.52. The number of hydrazine groups is 1. The van der Waals surface area contributed by atoms with E-state index < -0.39 is 11.8 Å². The third-order valence-electron chi connectivity index (χ3n) is 3.96. The Morgan fingerprint density at radius 1 is 0.964 bits per heavy atom. The lowest BCUT2D eigenvalue weighted by Crippen LogP contribution is -2.46. The summed E-state index contributed by atoms with van der Waals surface area (Å²) < 4.78 is 0. The Morgan fingerprint density at radius 2 is 1.61 bits per heavy atom. The highest BCUT2D eigenvalue weighted by molar-refractivity contribution is 5.97. The van der Waals surface area contributed by atoms with Crippen molar-refractivity contribution in [3.63, 3.8) is 0 Å². The summed E-state index contributed by atoms with van der Waals surface area (Å²) in [6, 6.07) is 19.6. The van der Waals surface area contributed by atoms with E-state index in [1.807, 2.05) is 30.3 Å². The van der Waals surface area contributed by atoms with E-state index >= 15 is 0 Å². The zero-order chi connectivity index (χ0) is 19.9. The summed E-state index contributed by atoms with van der Waals surface area (Å²) in [5.74, 6) is -1.36. The highest BCUT2D eigenvalue weighted by Gasteiger charge is 2.16. The van der Waals surface area contributed by atoms with E-state index in [1.165, 1.54) is 11.9 Å². The number of benzene rings is 2. The molecular weight excluding hydrogens is 358 g/mol. The standard InChI is InChI=1S/C20H19N5O3/c1-25(20(28)15-10-6-3-7-11-15)13-18(26)23-24-19(27)17-12-16(21-22-17)14-8-4-2-5-9-14/h2-12H,13H2,1H3,(H,21,22)(H,23,26)(H,24,27). The molecule has 8 nitrogen and oxygen atoms in total. The number of rotatable bonds is 5. The van der Waals surface area contributed by atoms with Crippen molar-refractivity contribution >= 4 is 17.7 Å². The molecule has 1 aromatic heterocycles. The molecule has 0 saturated heterocycles. The molecule has 0 radical (unpaired) electrons. The van der Waals surface area contributed by atoms with Gasteiger partial charge in [-0.15, -0.1) is 0 Å². The Hall–Kier alpha value is -3.94. The van der Waals surface area contributed by atoms with Crippen molar-refractivity contribution in [1.82, 2.24) is 25.9 Å². The summed E-state index contributed by atoms with van der Waals surface area (Å²) in [5.41, 5.74) is 6.75. The van der Waals surface area contributed by atoms with Gasteiger partial charge in [0.2, 0.25) is 0 Å². The van der Waals surface area contributed by atoms with Crippen LogP contribution in [-0.2, 0) is 4.79 Å². The van der Waals surface area contributed by atoms with Crippen LogP contribution in [0.5, 0.6) is 0 Å². The Balaban J connectivity index is 1.51. The van der Waals surface area contributed by atoms with E-state index in [1.54, 1.807) is 36.4 Å². The summed E-state index contributed by atoms with van der Waals surface area (Å²) in [6.45, 7) is -0.202. The number of amides is 3. The molecule has 0 aliphatic heterocycles. The van der Waals surface area contributed by atoms with E-state index in [4.69, 9.17) is 0 Å². The van der Waals surface area contributed by atoms with Gasteiger partial charge in [0, 0.05) is 18.2 Å². The van der Waals surface area contributed by atoms with Gasteiger partial charge in [0.15, 0.2) is 0 Å². The summed E-state index contributed by atoms with van der Waals surface area (Å²) in [7, 11) is 1.51. The van der Waals surface area contributed by atoms with Gasteiger partial charge in [0.05, 0.1) is 5.69 Å². The lowest BCUT2D eigenvalue weighted by molar-refractivity contribution is -0.122. The number of aromatic nitrogens is 2. The highest BCUT2D eigenvalue weighted by atomic mass is 16.2. The predicted molar refractivity (Wildman–Crippen MR) is 103 cm³/mol. The van der Waals surface area contributed by atoms with Crippen molar-refractivity contribution in [3.8, 4) is 11.3 Å². The van der Waals surface area contributed by atoms with E-state index in [9.17, 15) is 14.4 Å². The number of hydrogen-bond donors (Lipinski definition) is 3. The maximum Gasteiger partial charge on any atom is 0.287 e. The number of aromatic amines is 1. The lowest BCUT2D eigenvalue weighted by atomic mass is 10.1. The van der Waals surface area contributed by atoms with E-state index in [2.05, 4.69) is 21.0 Å². The largest absolute Gasteiger partial charge is 0.332 e. The Morgan fingerprint density at radius 3 is 2.29 bits per heavy atom. The van der Waals surface area contributed by atoms with Crippen LogP contribution in [0.1, 0.15) is 20.8 Å². The van der Waals surface area contributed by atoms with Gasteiger partial charge in [0.25, 0.3) is 17.7 Å². The molecule has 3 aromatic rings. The maximum atomic E-state index is 12.2. The normalized spacial score (nSPS) is 10.2. The van der Waals surface area contributed by atoms with Crippen LogP contribution in [0.2, 0.25) is 0 Å². The lowest BCUT2D eigenvalue weighted by Gasteiger charge is -2.16. The van der Waals surface area contributed by atoms with Crippen molar-refractivity contribution < 1.29 is 14.4 Å².